The molecule has 3 heterocycles. The zero-order valence-electron chi connectivity index (χ0n) is 17.6. The predicted octanol–water partition coefficient (Wildman–Crippen LogP) is 3.02. The van der Waals surface area contributed by atoms with Crippen LogP contribution in [-0.2, 0) is 22.6 Å². The molecule has 0 radical (unpaired) electrons. The van der Waals surface area contributed by atoms with E-state index in [0.29, 0.717) is 12.3 Å². The Balaban J connectivity index is 1.56. The second-order valence-electron chi connectivity index (χ2n) is 8.51. The van der Waals surface area contributed by atoms with Crippen LogP contribution in [0, 0.1) is 5.92 Å². The smallest absolute Gasteiger partial charge is 0.243 e. The van der Waals surface area contributed by atoms with Crippen molar-refractivity contribution < 1.29 is 9.59 Å². The maximum absolute atomic E-state index is 12.9. The van der Waals surface area contributed by atoms with Crippen molar-refractivity contribution in [1.29, 1.82) is 0 Å². The van der Waals surface area contributed by atoms with Crippen molar-refractivity contribution in [2.45, 2.75) is 51.7 Å². The third kappa shape index (κ3) is 3.95. The number of rotatable bonds is 6. The van der Waals surface area contributed by atoms with Gasteiger partial charge in [-0.05, 0) is 29.7 Å². The summed E-state index contributed by atoms with van der Waals surface area (Å²) in [5.41, 5.74) is 3.01. The number of hydrogen-bond donors (Lipinski definition) is 2. The van der Waals surface area contributed by atoms with Gasteiger partial charge in [-0.25, -0.2) is 0 Å². The number of carbonyl (C=O) groups is 2. The topological polar surface area (TPSA) is 76.0 Å². The van der Waals surface area contributed by atoms with Crippen LogP contribution in [0.4, 0.5) is 0 Å². The van der Waals surface area contributed by atoms with Gasteiger partial charge in [-0.15, -0.1) is 0 Å². The lowest BCUT2D eigenvalue weighted by Gasteiger charge is -2.32. The highest BCUT2D eigenvalue weighted by Crippen LogP contribution is 2.31. The van der Waals surface area contributed by atoms with Gasteiger partial charge in [-0.1, -0.05) is 45.0 Å². The molecule has 0 unspecified atom stereocenters. The highest BCUT2D eigenvalue weighted by molar-refractivity contribution is 5.98. The molecule has 1 saturated heterocycles. The highest BCUT2D eigenvalue weighted by atomic mass is 16.2. The fraction of sp³-hybridized carbons (Fsp3) is 0.375. The van der Waals surface area contributed by atoms with Crippen LogP contribution in [0.3, 0.4) is 0 Å². The summed E-state index contributed by atoms with van der Waals surface area (Å²) in [7, 11) is 0. The molecule has 30 heavy (non-hydrogen) atoms. The molecule has 6 nitrogen and oxygen atoms in total. The Labute approximate surface area is 176 Å². The van der Waals surface area contributed by atoms with Gasteiger partial charge in [0.15, 0.2) is 0 Å². The van der Waals surface area contributed by atoms with Gasteiger partial charge in [0.1, 0.15) is 12.1 Å². The quantitative estimate of drug-likeness (QED) is 0.663. The molecule has 6 heteroatoms. The van der Waals surface area contributed by atoms with E-state index in [1.165, 1.54) is 0 Å². The van der Waals surface area contributed by atoms with Crippen LogP contribution in [0.15, 0.2) is 54.9 Å². The fourth-order valence-corrected chi connectivity index (χ4v) is 4.23. The molecule has 0 aliphatic carbocycles. The first-order valence-electron chi connectivity index (χ1n) is 10.5. The van der Waals surface area contributed by atoms with E-state index in [2.05, 4.69) is 52.4 Å². The molecule has 2 amide bonds. The average Bonchev–Trinajstić information content (AvgIpc) is 3.09. The third-order valence-corrected chi connectivity index (χ3v) is 5.72. The Hall–Kier alpha value is -3.15. The number of amides is 2. The molecule has 1 fully saturated rings. The number of nitrogens with zero attached hydrogens (tertiary/aromatic N) is 2. The van der Waals surface area contributed by atoms with Crippen molar-refractivity contribution in [2.24, 2.45) is 5.92 Å². The zero-order chi connectivity index (χ0) is 21.3. The molecular formula is C24H28N4O2. The number of nitrogens with one attached hydrogen (secondary N) is 2. The Bertz CT molecular complexity index is 1060. The lowest BCUT2D eigenvalue weighted by atomic mass is 9.90. The molecular weight excluding hydrogens is 376 g/mol. The minimum absolute atomic E-state index is 0.149. The van der Waals surface area contributed by atoms with E-state index in [0.717, 1.165) is 28.7 Å². The van der Waals surface area contributed by atoms with Crippen LogP contribution in [0.5, 0.6) is 0 Å². The minimum atomic E-state index is -0.601. The van der Waals surface area contributed by atoms with E-state index in [4.69, 9.17) is 0 Å². The standard InChI is InChI=1S/C24H28N4O2/c1-15(2)13-28-14-19(18-9-4-5-10-21(18)28)16(3)22-24(30)26-20(23(29)27-22)12-17-8-6-7-11-25-17/h4-11,14-16,20,22H,12-13H2,1-3H3,(H,26,30)(H,27,29)/t16-,20+,22-/m1/s1. The number of piperazine rings is 1. The summed E-state index contributed by atoms with van der Waals surface area (Å²) in [6.45, 7) is 7.29. The number of aromatic nitrogens is 2. The van der Waals surface area contributed by atoms with Gasteiger partial charge in [-0.2, -0.15) is 0 Å². The second-order valence-corrected chi connectivity index (χ2v) is 8.51. The molecule has 156 valence electrons. The number of fused-ring (bicyclic) bond motifs is 1. The van der Waals surface area contributed by atoms with E-state index in [9.17, 15) is 9.59 Å². The number of benzene rings is 1. The largest absolute Gasteiger partial charge is 0.347 e. The van der Waals surface area contributed by atoms with Crippen molar-refractivity contribution >= 4 is 22.7 Å². The van der Waals surface area contributed by atoms with Gasteiger partial charge < -0.3 is 15.2 Å². The van der Waals surface area contributed by atoms with Gasteiger partial charge >= 0.3 is 0 Å². The van der Waals surface area contributed by atoms with E-state index < -0.39 is 12.1 Å². The molecule has 0 bridgehead atoms. The highest BCUT2D eigenvalue weighted by Gasteiger charge is 2.38. The lowest BCUT2D eigenvalue weighted by Crippen LogP contribution is -2.63. The second kappa shape index (κ2) is 8.30. The molecule has 0 saturated carbocycles. The first-order chi connectivity index (χ1) is 14.4. The van der Waals surface area contributed by atoms with Crippen LogP contribution < -0.4 is 10.6 Å². The van der Waals surface area contributed by atoms with Gasteiger partial charge in [0.2, 0.25) is 11.8 Å². The normalized spacial score (nSPS) is 20.3. The van der Waals surface area contributed by atoms with Crippen LogP contribution in [0.2, 0.25) is 0 Å². The van der Waals surface area contributed by atoms with Crippen molar-refractivity contribution in [3.05, 3.63) is 66.1 Å². The number of hydrogen-bond acceptors (Lipinski definition) is 3. The third-order valence-electron chi connectivity index (χ3n) is 5.72. The Kier molecular flexibility index (Phi) is 5.57. The molecule has 3 atom stereocenters. The lowest BCUT2D eigenvalue weighted by molar-refractivity contribution is -0.137. The van der Waals surface area contributed by atoms with Crippen LogP contribution >= 0.6 is 0 Å². The zero-order valence-corrected chi connectivity index (χ0v) is 17.6. The maximum atomic E-state index is 12.9. The fourth-order valence-electron chi connectivity index (χ4n) is 4.23. The van der Waals surface area contributed by atoms with Crippen LogP contribution in [0.1, 0.15) is 37.9 Å². The maximum Gasteiger partial charge on any atom is 0.243 e. The summed E-state index contributed by atoms with van der Waals surface area (Å²) in [4.78, 5) is 29.9. The van der Waals surface area contributed by atoms with Gasteiger partial charge in [-0.3, -0.25) is 14.6 Å². The first kappa shape index (κ1) is 20.1. The molecule has 1 aliphatic heterocycles. The van der Waals surface area contributed by atoms with Gasteiger partial charge in [0, 0.05) is 47.9 Å². The average molecular weight is 405 g/mol. The predicted molar refractivity (Wildman–Crippen MR) is 117 cm³/mol. The molecule has 4 rings (SSSR count). The summed E-state index contributed by atoms with van der Waals surface area (Å²) in [5.74, 6) is 0.0452. The number of carbonyl (C=O) groups excluding carboxylic acids is 2. The summed E-state index contributed by atoms with van der Waals surface area (Å²) in [6.07, 6.45) is 4.21. The van der Waals surface area contributed by atoms with E-state index >= 15 is 0 Å². The summed E-state index contributed by atoms with van der Waals surface area (Å²) in [5, 5.41) is 6.99. The van der Waals surface area contributed by atoms with Gasteiger partial charge in [0.25, 0.3) is 0 Å². The van der Waals surface area contributed by atoms with Crippen molar-refractivity contribution in [1.82, 2.24) is 20.2 Å². The van der Waals surface area contributed by atoms with Crippen LogP contribution in [-0.4, -0.2) is 33.4 Å². The van der Waals surface area contributed by atoms with Gasteiger partial charge in [0.05, 0.1) is 0 Å². The first-order valence-corrected chi connectivity index (χ1v) is 10.5. The number of pyridine rings is 1. The van der Waals surface area contributed by atoms with E-state index in [1.807, 2.05) is 37.3 Å². The Morgan fingerprint density at radius 1 is 1.00 bits per heavy atom. The summed E-state index contributed by atoms with van der Waals surface area (Å²) >= 11 is 0. The van der Waals surface area contributed by atoms with E-state index in [-0.39, 0.29) is 17.7 Å². The molecule has 2 N–H and O–H groups in total. The molecule has 1 aliphatic rings. The van der Waals surface area contributed by atoms with E-state index in [1.54, 1.807) is 6.20 Å². The van der Waals surface area contributed by atoms with Crippen LogP contribution in [0.25, 0.3) is 10.9 Å². The van der Waals surface area contributed by atoms with Crippen molar-refractivity contribution in [3.63, 3.8) is 0 Å². The molecule has 3 aromatic rings. The van der Waals surface area contributed by atoms with Crippen molar-refractivity contribution in [3.8, 4) is 0 Å². The molecule has 0 spiro atoms. The SMILES string of the molecule is CC(C)Cn1cc([C@@H](C)[C@H]2NC(=O)[C@H](Cc3ccccn3)NC2=O)c2ccccc21. The van der Waals surface area contributed by atoms with Crippen molar-refractivity contribution in [2.75, 3.05) is 0 Å². The minimum Gasteiger partial charge on any atom is -0.347 e. The summed E-state index contributed by atoms with van der Waals surface area (Å²) in [6, 6.07) is 12.6. The molecule has 1 aromatic carbocycles. The number of para-hydroxylation sites is 1. The molecule has 2 aromatic heterocycles. The monoisotopic (exact) mass is 404 g/mol. The Morgan fingerprint density at radius 2 is 1.77 bits per heavy atom. The summed E-state index contributed by atoms with van der Waals surface area (Å²) < 4.78 is 2.25. The Morgan fingerprint density at radius 3 is 2.50 bits per heavy atom.